The molecule has 0 rings (SSSR count). The van der Waals surface area contributed by atoms with Crippen LogP contribution in [0.4, 0.5) is 0 Å². The number of hydrogen-bond acceptors (Lipinski definition) is 7. The number of likely N-dealkylation sites (N-methyl/N-ethyl adjacent to an activating group) is 1. The number of carbonyl (C=O) groups is 2. The van der Waals surface area contributed by atoms with E-state index in [1.165, 1.54) is 127 Å². The van der Waals surface area contributed by atoms with Gasteiger partial charge in [-0.15, -0.1) is 0 Å². The fourth-order valence-electron chi connectivity index (χ4n) is 6.47. The second-order valence-corrected chi connectivity index (χ2v) is 15.1. The number of hydrogen-bond donors (Lipinski definition) is 4. The molecule has 0 aromatic rings. The van der Waals surface area contributed by atoms with E-state index in [-0.39, 0.29) is 18.9 Å². The van der Waals surface area contributed by atoms with E-state index in [2.05, 4.69) is 26.0 Å². The molecular weight excluding hydrogens is 642 g/mol. The molecule has 0 heterocycles. The van der Waals surface area contributed by atoms with Gasteiger partial charge in [-0.05, 0) is 38.5 Å². The molecule has 51 heavy (non-hydrogen) atoms. The molecule has 0 fully saturated rings. The summed E-state index contributed by atoms with van der Waals surface area (Å²) in [4.78, 5) is 26.0. The fraction of sp³-hybridized carbons (Fsp3) is 0.907. The van der Waals surface area contributed by atoms with E-state index in [1.807, 2.05) is 0 Å². The Bertz CT molecular complexity index is 807. The molecule has 4 unspecified atom stereocenters. The monoisotopic (exact) mass is 726 g/mol. The van der Waals surface area contributed by atoms with Crippen LogP contribution in [0.2, 0.25) is 0 Å². The average molecular weight is 726 g/mol. The van der Waals surface area contributed by atoms with E-state index in [0.717, 1.165) is 51.4 Å². The minimum absolute atomic E-state index is 0.129. The Kier molecular flexibility index (Phi) is 35.8. The molecule has 0 spiro atoms. The Balaban J connectivity index is 3.85. The average Bonchev–Trinajstić information content (AvgIpc) is 3.12. The van der Waals surface area contributed by atoms with E-state index in [0.29, 0.717) is 12.8 Å². The van der Waals surface area contributed by atoms with Gasteiger partial charge >= 0.3 is 5.97 Å². The third-order valence-electron chi connectivity index (χ3n) is 10.1. The second kappa shape index (κ2) is 36.9. The fourth-order valence-corrected chi connectivity index (χ4v) is 6.47. The van der Waals surface area contributed by atoms with Crippen molar-refractivity contribution in [3.05, 3.63) is 12.2 Å². The van der Waals surface area contributed by atoms with Crippen molar-refractivity contribution in [1.29, 1.82) is 0 Å². The van der Waals surface area contributed by atoms with E-state index >= 15 is 0 Å². The quantitative estimate of drug-likeness (QED) is 0.0284. The molecule has 1 amide bonds. The third kappa shape index (κ3) is 31.7. The molecule has 4 N–H and O–H groups in total. The van der Waals surface area contributed by atoms with E-state index in [1.54, 1.807) is 7.05 Å². The zero-order valence-corrected chi connectivity index (χ0v) is 33.6. The third-order valence-corrected chi connectivity index (χ3v) is 10.1. The number of allylic oxidation sites excluding steroid dienone is 2. The van der Waals surface area contributed by atoms with E-state index in [4.69, 9.17) is 4.74 Å². The molecule has 8 heteroatoms. The van der Waals surface area contributed by atoms with Crippen molar-refractivity contribution in [2.24, 2.45) is 0 Å². The molecule has 0 aliphatic heterocycles. The SMILES string of the molecule is CCCCCCCC/C=C/CCCCCCCC(=O)OCC(O)C(O)C(O)C(O)CN(C)C(=O)CCCCCCCCCCCCCCCCC. The summed E-state index contributed by atoms with van der Waals surface area (Å²) in [7, 11) is 1.56. The first-order chi connectivity index (χ1) is 24.7. The number of esters is 1. The molecule has 0 aliphatic carbocycles. The van der Waals surface area contributed by atoms with Crippen LogP contribution in [-0.4, -0.2) is 81.8 Å². The molecule has 4 atom stereocenters. The van der Waals surface area contributed by atoms with Gasteiger partial charge in [0.2, 0.25) is 5.91 Å². The van der Waals surface area contributed by atoms with Crippen molar-refractivity contribution >= 4 is 11.9 Å². The van der Waals surface area contributed by atoms with Crippen LogP contribution in [0.5, 0.6) is 0 Å². The zero-order valence-electron chi connectivity index (χ0n) is 33.6. The van der Waals surface area contributed by atoms with Crippen molar-refractivity contribution < 1.29 is 34.8 Å². The molecule has 0 saturated carbocycles. The number of carbonyl (C=O) groups excluding carboxylic acids is 2. The molecule has 0 saturated heterocycles. The van der Waals surface area contributed by atoms with Crippen molar-refractivity contribution in [3.63, 3.8) is 0 Å². The Morgan fingerprint density at radius 2 is 0.863 bits per heavy atom. The summed E-state index contributed by atoms with van der Waals surface area (Å²) in [6.07, 6.45) is 32.9. The van der Waals surface area contributed by atoms with Gasteiger partial charge in [-0.25, -0.2) is 0 Å². The number of aliphatic hydroxyl groups is 4. The molecule has 0 aromatic carbocycles. The maximum atomic E-state index is 12.5. The highest BCUT2D eigenvalue weighted by Gasteiger charge is 2.32. The lowest BCUT2D eigenvalue weighted by atomic mass is 10.0. The van der Waals surface area contributed by atoms with Gasteiger partial charge in [-0.1, -0.05) is 167 Å². The normalized spacial score (nSPS) is 14.1. The van der Waals surface area contributed by atoms with Gasteiger partial charge < -0.3 is 30.1 Å². The maximum Gasteiger partial charge on any atom is 0.305 e. The first-order valence-corrected chi connectivity index (χ1v) is 21.5. The molecule has 302 valence electrons. The summed E-state index contributed by atoms with van der Waals surface area (Å²) in [5.41, 5.74) is 0. The maximum absolute atomic E-state index is 12.5. The number of nitrogens with zero attached hydrogens (tertiary/aromatic N) is 1. The lowest BCUT2D eigenvalue weighted by molar-refractivity contribution is -0.156. The van der Waals surface area contributed by atoms with Gasteiger partial charge in [0.15, 0.2) is 0 Å². The number of aliphatic hydroxyl groups excluding tert-OH is 4. The van der Waals surface area contributed by atoms with E-state index in [9.17, 15) is 30.0 Å². The predicted molar refractivity (Wildman–Crippen MR) is 212 cm³/mol. The van der Waals surface area contributed by atoms with Gasteiger partial charge in [0.25, 0.3) is 0 Å². The Hall–Kier alpha value is -1.48. The van der Waals surface area contributed by atoms with Gasteiger partial charge in [-0.3, -0.25) is 9.59 Å². The number of amides is 1. The lowest BCUT2D eigenvalue weighted by Crippen LogP contribution is -2.50. The molecule has 0 bridgehead atoms. The van der Waals surface area contributed by atoms with Crippen molar-refractivity contribution in [3.8, 4) is 0 Å². The summed E-state index contributed by atoms with van der Waals surface area (Å²) in [5, 5.41) is 41.4. The van der Waals surface area contributed by atoms with Crippen LogP contribution in [0.1, 0.15) is 206 Å². The van der Waals surface area contributed by atoms with Crippen LogP contribution in [0.25, 0.3) is 0 Å². The largest absolute Gasteiger partial charge is 0.463 e. The van der Waals surface area contributed by atoms with E-state index < -0.39 is 37.0 Å². The van der Waals surface area contributed by atoms with Gasteiger partial charge in [-0.2, -0.15) is 0 Å². The Labute approximate surface area is 314 Å². The van der Waals surface area contributed by atoms with Crippen molar-refractivity contribution in [2.75, 3.05) is 20.2 Å². The number of ether oxygens (including phenoxy) is 1. The van der Waals surface area contributed by atoms with Crippen LogP contribution in [-0.2, 0) is 14.3 Å². The summed E-state index contributed by atoms with van der Waals surface area (Å²) in [6, 6.07) is 0. The topological polar surface area (TPSA) is 128 Å². The van der Waals surface area contributed by atoms with Crippen LogP contribution in [0.15, 0.2) is 12.2 Å². The second-order valence-electron chi connectivity index (χ2n) is 15.1. The minimum atomic E-state index is -1.72. The summed E-state index contributed by atoms with van der Waals surface area (Å²) in [5.74, 6) is -0.589. The highest BCUT2D eigenvalue weighted by Crippen LogP contribution is 2.15. The van der Waals surface area contributed by atoms with Crippen LogP contribution in [0.3, 0.4) is 0 Å². The molecule has 0 aliphatic rings. The summed E-state index contributed by atoms with van der Waals surface area (Å²) in [6.45, 7) is 3.86. The highest BCUT2D eigenvalue weighted by atomic mass is 16.5. The number of rotatable bonds is 38. The highest BCUT2D eigenvalue weighted by molar-refractivity contribution is 5.75. The van der Waals surface area contributed by atoms with Crippen LogP contribution in [0, 0.1) is 0 Å². The molecular formula is C43H83NO7. The molecule has 0 aromatic heterocycles. The Morgan fingerprint density at radius 1 is 0.510 bits per heavy atom. The van der Waals surface area contributed by atoms with Crippen molar-refractivity contribution in [1.82, 2.24) is 4.90 Å². The first-order valence-electron chi connectivity index (χ1n) is 21.5. The molecule has 0 radical (unpaired) electrons. The van der Waals surface area contributed by atoms with Gasteiger partial charge in [0.1, 0.15) is 31.0 Å². The summed E-state index contributed by atoms with van der Waals surface area (Å²) >= 11 is 0. The predicted octanol–water partition coefficient (Wildman–Crippen LogP) is 9.73. The lowest BCUT2D eigenvalue weighted by Gasteiger charge is -2.29. The summed E-state index contributed by atoms with van der Waals surface area (Å²) < 4.78 is 5.10. The van der Waals surface area contributed by atoms with Crippen LogP contribution < -0.4 is 0 Å². The Morgan fingerprint density at radius 3 is 1.29 bits per heavy atom. The van der Waals surface area contributed by atoms with Gasteiger partial charge in [0.05, 0.1) is 0 Å². The minimum Gasteiger partial charge on any atom is -0.463 e. The smallest absolute Gasteiger partial charge is 0.305 e. The zero-order chi connectivity index (χ0) is 37.8. The molecule has 8 nitrogen and oxygen atoms in total. The number of unbranched alkanes of at least 4 members (excludes halogenated alkanes) is 25. The van der Waals surface area contributed by atoms with Gasteiger partial charge in [0, 0.05) is 26.4 Å². The van der Waals surface area contributed by atoms with Crippen LogP contribution >= 0.6 is 0 Å². The standard InChI is InChI=1S/C43H83NO7/c1-4-6-8-10-12-14-16-18-20-22-24-26-28-30-32-34-40(47)44(3)36-38(45)42(49)43(50)39(46)37-51-41(48)35-33-31-29-27-25-23-21-19-17-15-13-11-9-7-5-2/h19,21,38-39,42-43,45-46,49-50H,4-18,20,22-37H2,1-3H3/b21-19+. The van der Waals surface area contributed by atoms with Crippen molar-refractivity contribution in [2.45, 2.75) is 231 Å². The first kappa shape index (κ1) is 49.5.